The molecule has 23 heavy (non-hydrogen) atoms. The molecule has 1 N–H and O–H groups in total. The maximum atomic E-state index is 12.9. The van der Waals surface area contributed by atoms with E-state index in [1.54, 1.807) is 29.7 Å². The maximum Gasteiger partial charge on any atom is 0.246 e. The van der Waals surface area contributed by atoms with E-state index in [4.69, 9.17) is 0 Å². The van der Waals surface area contributed by atoms with E-state index in [9.17, 15) is 9.18 Å². The predicted octanol–water partition coefficient (Wildman–Crippen LogP) is 3.70. The predicted molar refractivity (Wildman–Crippen MR) is 91.3 cm³/mol. The van der Waals surface area contributed by atoms with Crippen LogP contribution in [0.15, 0.2) is 52.3 Å². The number of rotatable bonds is 5. The van der Waals surface area contributed by atoms with Crippen LogP contribution in [-0.4, -0.2) is 17.1 Å². The van der Waals surface area contributed by atoms with Gasteiger partial charge in [-0.2, -0.15) is 5.10 Å². The second-order valence-electron chi connectivity index (χ2n) is 4.64. The summed E-state index contributed by atoms with van der Waals surface area (Å²) in [6.07, 6.45) is 1.76. The lowest BCUT2D eigenvalue weighted by atomic mass is 10.2. The maximum absolute atomic E-state index is 12.9. The van der Waals surface area contributed by atoms with Crippen molar-refractivity contribution in [1.29, 1.82) is 0 Å². The van der Waals surface area contributed by atoms with Crippen LogP contribution in [0.5, 0.6) is 0 Å². The van der Waals surface area contributed by atoms with Gasteiger partial charge in [0.1, 0.15) is 10.8 Å². The number of hydrogen-bond donors (Lipinski definition) is 1. The van der Waals surface area contributed by atoms with Crippen molar-refractivity contribution in [3.63, 3.8) is 0 Å². The van der Waals surface area contributed by atoms with E-state index in [1.165, 1.54) is 23.5 Å². The molecule has 7 heteroatoms. The molecule has 0 aliphatic carbocycles. The van der Waals surface area contributed by atoms with Crippen molar-refractivity contribution in [2.24, 2.45) is 5.10 Å². The molecule has 0 fully saturated rings. The Bertz CT molecular complexity index is 810. The van der Waals surface area contributed by atoms with Gasteiger partial charge < -0.3 is 0 Å². The van der Waals surface area contributed by atoms with Crippen molar-refractivity contribution >= 4 is 34.8 Å². The van der Waals surface area contributed by atoms with Crippen molar-refractivity contribution in [3.05, 3.63) is 63.5 Å². The Morgan fingerprint density at radius 1 is 1.26 bits per heavy atom. The van der Waals surface area contributed by atoms with Crippen LogP contribution >= 0.6 is 22.7 Å². The Labute approximate surface area is 140 Å². The standard InChI is InChI=1S/C16H12FN3OS2/c17-12-5-3-11(4-6-12)16-19-13(10-23-16)8-15(21)20-18-9-14-2-1-7-22-14/h1-7,9-10H,8H2,(H,20,21)/b18-9-. The first-order chi connectivity index (χ1) is 11.2. The van der Waals surface area contributed by atoms with E-state index in [-0.39, 0.29) is 18.1 Å². The summed E-state index contributed by atoms with van der Waals surface area (Å²) in [4.78, 5) is 17.2. The fraction of sp³-hybridized carbons (Fsp3) is 0.0625. The third-order valence-electron chi connectivity index (χ3n) is 2.91. The van der Waals surface area contributed by atoms with Crippen LogP contribution in [0.25, 0.3) is 10.6 Å². The highest BCUT2D eigenvalue weighted by atomic mass is 32.1. The topological polar surface area (TPSA) is 54.4 Å². The molecule has 2 heterocycles. The van der Waals surface area contributed by atoms with E-state index in [2.05, 4.69) is 15.5 Å². The van der Waals surface area contributed by atoms with Crippen LogP contribution in [0.2, 0.25) is 0 Å². The first kappa shape index (κ1) is 15.5. The van der Waals surface area contributed by atoms with Gasteiger partial charge in [-0.3, -0.25) is 4.79 Å². The monoisotopic (exact) mass is 345 g/mol. The zero-order chi connectivity index (χ0) is 16.1. The number of thiazole rings is 1. The van der Waals surface area contributed by atoms with Gasteiger partial charge >= 0.3 is 0 Å². The smallest absolute Gasteiger partial charge is 0.246 e. The van der Waals surface area contributed by atoms with Gasteiger partial charge in [-0.15, -0.1) is 22.7 Å². The van der Waals surface area contributed by atoms with E-state index in [0.717, 1.165) is 15.4 Å². The van der Waals surface area contributed by atoms with Crippen LogP contribution in [0, 0.1) is 5.82 Å². The number of halogens is 1. The van der Waals surface area contributed by atoms with Crippen LogP contribution in [0.4, 0.5) is 4.39 Å². The van der Waals surface area contributed by atoms with Gasteiger partial charge in [0, 0.05) is 15.8 Å². The number of carbonyl (C=O) groups excluding carboxylic acids is 1. The largest absolute Gasteiger partial charge is 0.273 e. The molecule has 0 saturated heterocycles. The molecule has 0 unspecified atom stereocenters. The number of aromatic nitrogens is 1. The fourth-order valence-corrected chi connectivity index (χ4v) is 3.26. The molecule has 4 nitrogen and oxygen atoms in total. The summed E-state index contributed by atoms with van der Waals surface area (Å²) in [7, 11) is 0. The van der Waals surface area contributed by atoms with Crippen molar-refractivity contribution in [2.75, 3.05) is 0 Å². The second kappa shape index (κ2) is 7.26. The number of hydrogen-bond acceptors (Lipinski definition) is 5. The molecule has 0 saturated carbocycles. The highest BCUT2D eigenvalue weighted by Gasteiger charge is 2.08. The van der Waals surface area contributed by atoms with Crippen molar-refractivity contribution < 1.29 is 9.18 Å². The Hall–Kier alpha value is -2.38. The molecule has 0 radical (unpaired) electrons. The normalized spacial score (nSPS) is 11.0. The molecule has 2 aromatic heterocycles. The highest BCUT2D eigenvalue weighted by Crippen LogP contribution is 2.24. The summed E-state index contributed by atoms with van der Waals surface area (Å²) in [5, 5.41) is 8.42. The summed E-state index contributed by atoms with van der Waals surface area (Å²) < 4.78 is 12.9. The van der Waals surface area contributed by atoms with Crippen molar-refractivity contribution in [3.8, 4) is 10.6 Å². The summed E-state index contributed by atoms with van der Waals surface area (Å²) >= 11 is 2.96. The third kappa shape index (κ3) is 4.30. The molecule has 3 rings (SSSR count). The fourth-order valence-electron chi connectivity index (χ4n) is 1.85. The molecule has 0 atom stereocenters. The average Bonchev–Trinajstić information content (AvgIpc) is 3.20. The van der Waals surface area contributed by atoms with Gasteiger partial charge in [0.25, 0.3) is 0 Å². The van der Waals surface area contributed by atoms with Crippen molar-refractivity contribution in [2.45, 2.75) is 6.42 Å². The first-order valence-electron chi connectivity index (χ1n) is 6.76. The van der Waals surface area contributed by atoms with Crippen LogP contribution in [0.3, 0.4) is 0 Å². The highest BCUT2D eigenvalue weighted by molar-refractivity contribution is 7.13. The SMILES string of the molecule is O=C(Cc1csc(-c2ccc(F)cc2)n1)N/N=C\c1cccs1. The van der Waals surface area contributed by atoms with Gasteiger partial charge in [-0.1, -0.05) is 6.07 Å². The number of thiophene rings is 1. The molecular weight excluding hydrogens is 333 g/mol. The van der Waals surface area contributed by atoms with Gasteiger partial charge in [0.05, 0.1) is 18.3 Å². The van der Waals surface area contributed by atoms with Gasteiger partial charge in [0.15, 0.2) is 0 Å². The summed E-state index contributed by atoms with van der Waals surface area (Å²) in [6.45, 7) is 0. The molecule has 1 aromatic carbocycles. The summed E-state index contributed by atoms with van der Waals surface area (Å²) in [6, 6.07) is 9.95. The van der Waals surface area contributed by atoms with Gasteiger partial charge in [0.2, 0.25) is 5.91 Å². The molecular formula is C16H12FN3OS2. The Balaban J connectivity index is 1.58. The summed E-state index contributed by atoms with van der Waals surface area (Å²) in [5.41, 5.74) is 3.98. The number of hydrazone groups is 1. The molecule has 0 aliphatic heterocycles. The molecule has 0 bridgehead atoms. The lowest BCUT2D eigenvalue weighted by Crippen LogP contribution is -2.19. The van der Waals surface area contributed by atoms with E-state index in [1.807, 2.05) is 22.9 Å². The van der Waals surface area contributed by atoms with Crippen LogP contribution < -0.4 is 5.43 Å². The average molecular weight is 345 g/mol. The minimum absolute atomic E-state index is 0.152. The van der Waals surface area contributed by atoms with E-state index >= 15 is 0 Å². The van der Waals surface area contributed by atoms with Crippen molar-refractivity contribution in [1.82, 2.24) is 10.4 Å². The lowest BCUT2D eigenvalue weighted by Gasteiger charge is -1.97. The molecule has 1 amide bonds. The number of nitrogens with one attached hydrogen (secondary N) is 1. The van der Waals surface area contributed by atoms with Gasteiger partial charge in [-0.05, 0) is 35.7 Å². The Morgan fingerprint density at radius 3 is 2.83 bits per heavy atom. The quantitative estimate of drug-likeness (QED) is 0.566. The second-order valence-corrected chi connectivity index (χ2v) is 6.47. The third-order valence-corrected chi connectivity index (χ3v) is 4.66. The Morgan fingerprint density at radius 2 is 2.09 bits per heavy atom. The number of nitrogens with zero attached hydrogens (tertiary/aromatic N) is 2. The zero-order valence-electron chi connectivity index (χ0n) is 11.9. The number of benzene rings is 1. The molecule has 0 spiro atoms. The number of amides is 1. The Kier molecular flexibility index (Phi) is 4.89. The molecule has 3 aromatic rings. The minimum atomic E-state index is -0.284. The van der Waals surface area contributed by atoms with Crippen LogP contribution in [0.1, 0.15) is 10.6 Å². The number of carbonyl (C=O) groups is 1. The molecule has 116 valence electrons. The lowest BCUT2D eigenvalue weighted by molar-refractivity contribution is -0.120. The van der Waals surface area contributed by atoms with E-state index in [0.29, 0.717) is 5.69 Å². The summed E-state index contributed by atoms with van der Waals surface area (Å²) in [5.74, 6) is -0.512. The zero-order valence-corrected chi connectivity index (χ0v) is 13.5. The van der Waals surface area contributed by atoms with E-state index < -0.39 is 0 Å². The molecule has 0 aliphatic rings. The minimum Gasteiger partial charge on any atom is -0.273 e. The van der Waals surface area contributed by atoms with Gasteiger partial charge in [-0.25, -0.2) is 14.8 Å². The van der Waals surface area contributed by atoms with Crippen LogP contribution in [-0.2, 0) is 11.2 Å². The first-order valence-corrected chi connectivity index (χ1v) is 8.52.